The molecule has 1 N–H and O–H groups in total. The Bertz CT molecular complexity index is 1420. The van der Waals surface area contributed by atoms with E-state index in [2.05, 4.69) is 10.3 Å². The van der Waals surface area contributed by atoms with Crippen molar-refractivity contribution in [2.24, 2.45) is 4.99 Å². The molecule has 0 aliphatic rings. The Morgan fingerprint density at radius 3 is 2.34 bits per heavy atom. The fourth-order valence-corrected chi connectivity index (χ4v) is 3.90. The van der Waals surface area contributed by atoms with Gasteiger partial charge in [0.2, 0.25) is 0 Å². The molecule has 4 rings (SSSR count). The molecule has 0 bridgehead atoms. The monoisotopic (exact) mass is 548 g/mol. The number of anilines is 1. The smallest absolute Gasteiger partial charge is 0.262 e. The lowest BCUT2D eigenvalue weighted by atomic mass is 10.2. The topological polar surface area (TPSA) is 69.1 Å². The van der Waals surface area contributed by atoms with E-state index in [1.165, 1.54) is 0 Å². The Balaban J connectivity index is 1.41. The molecule has 1 amide bonds. The lowest BCUT2D eigenvalue weighted by molar-refractivity contribution is -0.118. The molecule has 0 aliphatic carbocycles. The van der Waals surface area contributed by atoms with Crippen molar-refractivity contribution in [1.82, 2.24) is 0 Å². The number of rotatable bonds is 10. The van der Waals surface area contributed by atoms with Crippen LogP contribution < -0.4 is 19.5 Å². The summed E-state index contributed by atoms with van der Waals surface area (Å²) in [5.41, 5.74) is 2.96. The van der Waals surface area contributed by atoms with Gasteiger partial charge in [-0.15, -0.1) is 0 Å². The van der Waals surface area contributed by atoms with Gasteiger partial charge in [0, 0.05) is 16.9 Å². The number of hydrogen-bond acceptors (Lipinski definition) is 5. The van der Waals surface area contributed by atoms with Crippen LogP contribution in [0.4, 0.5) is 11.4 Å². The third-order valence-electron chi connectivity index (χ3n) is 5.31. The number of halogens is 2. The van der Waals surface area contributed by atoms with Gasteiger partial charge in [0.1, 0.15) is 11.5 Å². The van der Waals surface area contributed by atoms with E-state index in [1.54, 1.807) is 30.5 Å². The van der Waals surface area contributed by atoms with Gasteiger partial charge in [-0.2, -0.15) is 0 Å². The SMILES string of the molecule is CCOc1cc(C=Nc2ccc(Oc3ccccc3)cc2)cc(Cl)c1OCC(=O)Nc1ccc(C)c(Cl)c1. The summed E-state index contributed by atoms with van der Waals surface area (Å²) < 4.78 is 17.3. The summed E-state index contributed by atoms with van der Waals surface area (Å²) >= 11 is 12.6. The second kappa shape index (κ2) is 13.0. The normalized spacial score (nSPS) is 10.8. The Morgan fingerprint density at radius 2 is 1.63 bits per heavy atom. The number of benzene rings is 4. The molecule has 4 aromatic rings. The van der Waals surface area contributed by atoms with Gasteiger partial charge < -0.3 is 19.5 Å². The number of hydrogen-bond donors (Lipinski definition) is 1. The molecular formula is C30H26Cl2N2O4. The summed E-state index contributed by atoms with van der Waals surface area (Å²) in [6.45, 7) is 3.88. The van der Waals surface area contributed by atoms with Crippen LogP contribution >= 0.6 is 23.2 Å². The first kappa shape index (κ1) is 27.0. The first-order chi connectivity index (χ1) is 18.4. The minimum Gasteiger partial charge on any atom is -0.490 e. The van der Waals surface area contributed by atoms with Crippen molar-refractivity contribution >= 4 is 46.7 Å². The van der Waals surface area contributed by atoms with E-state index in [9.17, 15) is 4.79 Å². The summed E-state index contributed by atoms with van der Waals surface area (Å²) in [4.78, 5) is 16.9. The van der Waals surface area contributed by atoms with E-state index >= 15 is 0 Å². The highest BCUT2D eigenvalue weighted by Crippen LogP contribution is 2.36. The van der Waals surface area contributed by atoms with Gasteiger partial charge in [0.25, 0.3) is 5.91 Å². The third-order valence-corrected chi connectivity index (χ3v) is 6.00. The number of carbonyl (C=O) groups is 1. The Labute approximate surface area is 231 Å². The van der Waals surface area contributed by atoms with E-state index in [4.69, 9.17) is 37.4 Å². The number of aryl methyl sites for hydroxylation is 1. The minimum absolute atomic E-state index is 0.254. The molecule has 0 atom stereocenters. The lowest BCUT2D eigenvalue weighted by Crippen LogP contribution is -2.20. The van der Waals surface area contributed by atoms with Crippen molar-refractivity contribution in [1.29, 1.82) is 0 Å². The molecule has 0 saturated heterocycles. The molecule has 0 spiro atoms. The van der Waals surface area contributed by atoms with Crippen LogP contribution in [0.5, 0.6) is 23.0 Å². The third kappa shape index (κ3) is 7.51. The molecule has 0 aliphatic heterocycles. The molecule has 6 nitrogen and oxygen atoms in total. The van der Waals surface area contributed by atoms with E-state index < -0.39 is 0 Å². The number of aliphatic imine (C=N–C) groups is 1. The molecular weight excluding hydrogens is 523 g/mol. The summed E-state index contributed by atoms with van der Waals surface area (Å²) in [5, 5.41) is 3.63. The predicted molar refractivity (Wildman–Crippen MR) is 153 cm³/mol. The van der Waals surface area contributed by atoms with Gasteiger partial charge in [0.05, 0.1) is 17.3 Å². The van der Waals surface area contributed by atoms with E-state index in [0.29, 0.717) is 39.4 Å². The van der Waals surface area contributed by atoms with Gasteiger partial charge >= 0.3 is 0 Å². The zero-order valence-electron chi connectivity index (χ0n) is 20.9. The zero-order valence-corrected chi connectivity index (χ0v) is 22.4. The maximum atomic E-state index is 12.4. The maximum absolute atomic E-state index is 12.4. The molecule has 0 radical (unpaired) electrons. The zero-order chi connectivity index (χ0) is 26.9. The lowest BCUT2D eigenvalue weighted by Gasteiger charge is -2.14. The molecule has 0 unspecified atom stereocenters. The summed E-state index contributed by atoms with van der Waals surface area (Å²) in [7, 11) is 0. The predicted octanol–water partition coefficient (Wildman–Crippen LogP) is 8.26. The molecule has 0 heterocycles. The van der Waals surface area contributed by atoms with E-state index in [-0.39, 0.29) is 18.3 Å². The quantitative estimate of drug-likeness (QED) is 0.202. The Hall–Kier alpha value is -4.00. The fraction of sp³-hybridized carbons (Fsp3) is 0.133. The van der Waals surface area contributed by atoms with Gasteiger partial charge in [-0.25, -0.2) is 0 Å². The first-order valence-corrected chi connectivity index (χ1v) is 12.7. The van der Waals surface area contributed by atoms with Crippen molar-refractivity contribution < 1.29 is 19.0 Å². The summed E-state index contributed by atoms with van der Waals surface area (Å²) in [6, 6.07) is 25.7. The van der Waals surface area contributed by atoms with Crippen LogP contribution in [0, 0.1) is 6.92 Å². The van der Waals surface area contributed by atoms with Gasteiger partial charge in [-0.1, -0.05) is 47.5 Å². The molecule has 0 fully saturated rings. The van der Waals surface area contributed by atoms with Crippen molar-refractivity contribution in [3.63, 3.8) is 0 Å². The van der Waals surface area contributed by atoms with Crippen LogP contribution in [0.2, 0.25) is 10.0 Å². The fourth-order valence-electron chi connectivity index (χ4n) is 3.44. The number of nitrogens with one attached hydrogen (secondary N) is 1. The van der Waals surface area contributed by atoms with Gasteiger partial charge in [-0.05, 0) is 85.6 Å². The van der Waals surface area contributed by atoms with E-state index in [0.717, 1.165) is 17.0 Å². The number of para-hydroxylation sites is 1. The highest BCUT2D eigenvalue weighted by Gasteiger charge is 2.14. The van der Waals surface area contributed by atoms with Crippen molar-refractivity contribution in [3.05, 3.63) is 106 Å². The molecule has 0 saturated carbocycles. The van der Waals surface area contributed by atoms with Gasteiger partial charge in [-0.3, -0.25) is 9.79 Å². The standard InChI is InChI=1S/C30H26Cl2N2O4/c1-3-36-28-16-21(18-33-22-11-13-25(14-12-22)38-24-7-5-4-6-8-24)15-27(32)30(28)37-19-29(35)34-23-10-9-20(2)26(31)17-23/h4-18H,3,19H2,1-2H3,(H,34,35). The maximum Gasteiger partial charge on any atom is 0.262 e. The van der Waals surface area contributed by atoms with Crippen LogP contribution in [-0.2, 0) is 4.79 Å². The second-order valence-corrected chi connectivity index (χ2v) is 9.05. The number of ether oxygens (including phenoxy) is 3. The van der Waals surface area contributed by atoms with Crippen molar-refractivity contribution in [2.45, 2.75) is 13.8 Å². The second-order valence-electron chi connectivity index (χ2n) is 8.23. The average molecular weight is 549 g/mol. The first-order valence-electron chi connectivity index (χ1n) is 11.9. The largest absolute Gasteiger partial charge is 0.490 e. The number of nitrogens with zero attached hydrogens (tertiary/aromatic N) is 1. The molecule has 8 heteroatoms. The van der Waals surface area contributed by atoms with Crippen LogP contribution in [0.25, 0.3) is 0 Å². The number of amides is 1. The summed E-state index contributed by atoms with van der Waals surface area (Å²) in [5.74, 6) is 1.83. The average Bonchev–Trinajstić information content (AvgIpc) is 2.91. The molecule has 38 heavy (non-hydrogen) atoms. The number of carbonyl (C=O) groups excluding carboxylic acids is 1. The Kier molecular flexibility index (Phi) is 9.25. The molecule has 194 valence electrons. The Morgan fingerprint density at radius 1 is 0.895 bits per heavy atom. The van der Waals surface area contributed by atoms with Crippen LogP contribution in [0.1, 0.15) is 18.1 Å². The van der Waals surface area contributed by atoms with Crippen LogP contribution in [0.3, 0.4) is 0 Å². The van der Waals surface area contributed by atoms with Crippen molar-refractivity contribution in [2.75, 3.05) is 18.5 Å². The minimum atomic E-state index is -0.353. The summed E-state index contributed by atoms with van der Waals surface area (Å²) in [6.07, 6.45) is 1.68. The van der Waals surface area contributed by atoms with Crippen molar-refractivity contribution in [3.8, 4) is 23.0 Å². The molecule has 4 aromatic carbocycles. The van der Waals surface area contributed by atoms with E-state index in [1.807, 2.05) is 74.5 Å². The molecule has 0 aromatic heterocycles. The van der Waals surface area contributed by atoms with Gasteiger partial charge in [0.15, 0.2) is 18.1 Å². The highest BCUT2D eigenvalue weighted by molar-refractivity contribution is 6.32. The highest BCUT2D eigenvalue weighted by atomic mass is 35.5. The van der Waals surface area contributed by atoms with Crippen LogP contribution in [0.15, 0.2) is 89.9 Å². The van der Waals surface area contributed by atoms with Crippen LogP contribution in [-0.4, -0.2) is 25.3 Å².